The zero-order valence-electron chi connectivity index (χ0n) is 31.6. The minimum absolute atomic E-state index is 0.0405. The number of benzene rings is 1. The highest BCUT2D eigenvalue weighted by atomic mass is 16.2. The molecule has 3 fully saturated rings. The summed E-state index contributed by atoms with van der Waals surface area (Å²) in [4.78, 5) is 96.7. The minimum Gasteiger partial charge on any atom is -0.347 e. The van der Waals surface area contributed by atoms with Gasteiger partial charge in [-0.25, -0.2) is 4.79 Å². The van der Waals surface area contributed by atoms with Gasteiger partial charge in [0.25, 0.3) is 17.7 Å². The van der Waals surface area contributed by atoms with Crippen LogP contribution in [0.3, 0.4) is 0 Å². The number of imide groups is 1. The number of hydrogen-bond donors (Lipinski definition) is 4. The molecule has 4 N–H and O–H groups in total. The highest BCUT2D eigenvalue weighted by Gasteiger charge is 2.51. The molecule has 1 unspecified atom stereocenters. The molecule has 1 aromatic rings. The summed E-state index contributed by atoms with van der Waals surface area (Å²) in [5.41, 5.74) is 0.111. The van der Waals surface area contributed by atoms with Gasteiger partial charge >= 0.3 is 6.03 Å². The van der Waals surface area contributed by atoms with Gasteiger partial charge in [-0.15, -0.1) is 6.58 Å². The highest BCUT2D eigenvalue weighted by molar-refractivity contribution is 6.37. The van der Waals surface area contributed by atoms with Crippen molar-refractivity contribution in [1.82, 2.24) is 31.1 Å². The maximum atomic E-state index is 14.7. The molecule has 13 heteroatoms. The number of carbonyl (C=O) groups excluding carboxylic acids is 7. The van der Waals surface area contributed by atoms with Gasteiger partial charge in [0, 0.05) is 13.1 Å². The van der Waals surface area contributed by atoms with E-state index >= 15 is 0 Å². The van der Waals surface area contributed by atoms with Crippen LogP contribution in [0.2, 0.25) is 0 Å². The van der Waals surface area contributed by atoms with Gasteiger partial charge in [-0.2, -0.15) is 0 Å². The Bertz CT molecular complexity index is 1570. The third-order valence-corrected chi connectivity index (χ3v) is 12.5. The Morgan fingerprint density at radius 2 is 1.58 bits per heavy atom. The lowest BCUT2D eigenvalue weighted by Gasteiger charge is -2.41. The van der Waals surface area contributed by atoms with Crippen molar-refractivity contribution in [3.8, 4) is 0 Å². The van der Waals surface area contributed by atoms with Crippen LogP contribution in [0, 0.1) is 29.1 Å². The summed E-state index contributed by atoms with van der Waals surface area (Å²) < 4.78 is 0. The van der Waals surface area contributed by atoms with Crippen molar-refractivity contribution in [2.75, 3.05) is 26.2 Å². The van der Waals surface area contributed by atoms with Crippen molar-refractivity contribution < 1.29 is 33.6 Å². The zero-order valence-corrected chi connectivity index (χ0v) is 31.6. The number of hydrogen-bond acceptors (Lipinski definition) is 7. The number of urea groups is 1. The predicted molar refractivity (Wildman–Crippen MR) is 198 cm³/mol. The first-order chi connectivity index (χ1) is 25.3. The van der Waals surface area contributed by atoms with E-state index in [1.54, 1.807) is 29.2 Å². The number of rotatable bonds is 15. The van der Waals surface area contributed by atoms with Crippen molar-refractivity contribution >= 4 is 41.4 Å². The SMILES string of the molecule is C=CCNC(=O)C(=O)CNC(=O)[C@@H]1[C@H]2CCC[C@H]2CN1C(=O)[C@@H](NC(=O)N[C@H](CN1C(=O)c2ccccc2C1=O)C(C)(C)C(C)CC)C1CCCCC1. The van der Waals surface area contributed by atoms with Crippen LogP contribution in [0.1, 0.15) is 106 Å². The minimum atomic E-state index is -0.914. The number of nitrogens with zero attached hydrogens (tertiary/aromatic N) is 2. The Morgan fingerprint density at radius 1 is 0.925 bits per heavy atom. The molecule has 2 saturated carbocycles. The lowest BCUT2D eigenvalue weighted by Crippen LogP contribution is -2.61. The van der Waals surface area contributed by atoms with Gasteiger partial charge in [0.1, 0.15) is 12.1 Å². The van der Waals surface area contributed by atoms with Crippen molar-refractivity contribution in [3.05, 3.63) is 48.0 Å². The number of ketones is 1. The van der Waals surface area contributed by atoms with Gasteiger partial charge in [-0.3, -0.25) is 33.7 Å². The summed E-state index contributed by atoms with van der Waals surface area (Å²) in [5.74, 6) is -3.29. The first-order valence-electron chi connectivity index (χ1n) is 19.3. The van der Waals surface area contributed by atoms with Crippen molar-refractivity contribution in [1.29, 1.82) is 0 Å². The second-order valence-corrected chi connectivity index (χ2v) is 15.9. The predicted octanol–water partition coefficient (Wildman–Crippen LogP) is 3.59. The van der Waals surface area contributed by atoms with Gasteiger partial charge in [0.05, 0.1) is 30.3 Å². The van der Waals surface area contributed by atoms with Gasteiger partial charge in [0.2, 0.25) is 17.6 Å². The maximum Gasteiger partial charge on any atom is 0.315 e. The summed E-state index contributed by atoms with van der Waals surface area (Å²) >= 11 is 0. The van der Waals surface area contributed by atoms with E-state index < -0.39 is 65.5 Å². The molecular weight excluding hydrogens is 676 g/mol. The molecule has 0 radical (unpaired) electrons. The van der Waals surface area contributed by atoms with Crippen LogP contribution in [0.15, 0.2) is 36.9 Å². The number of nitrogens with one attached hydrogen (secondary N) is 4. The second kappa shape index (κ2) is 17.1. The van der Waals surface area contributed by atoms with Crippen LogP contribution in [0.25, 0.3) is 0 Å². The van der Waals surface area contributed by atoms with Crippen LogP contribution in [-0.2, 0) is 19.2 Å². The average molecular weight is 733 g/mol. The summed E-state index contributed by atoms with van der Waals surface area (Å²) in [6.07, 6.45) is 9.12. The highest BCUT2D eigenvalue weighted by Crippen LogP contribution is 2.43. The average Bonchev–Trinajstić information content (AvgIpc) is 3.83. The fourth-order valence-electron chi connectivity index (χ4n) is 8.78. The molecule has 2 heterocycles. The number of carbonyl (C=O) groups is 7. The first kappa shape index (κ1) is 39.7. The number of amides is 7. The van der Waals surface area contributed by atoms with E-state index in [1.165, 1.54) is 11.0 Å². The van der Waals surface area contributed by atoms with Crippen molar-refractivity contribution in [2.45, 2.75) is 104 Å². The largest absolute Gasteiger partial charge is 0.347 e. The van der Waals surface area contributed by atoms with Gasteiger partial charge in [-0.05, 0) is 66.9 Å². The summed E-state index contributed by atoms with van der Waals surface area (Å²) in [6, 6.07) is 3.72. The van der Waals surface area contributed by atoms with Crippen LogP contribution in [0.5, 0.6) is 0 Å². The second-order valence-electron chi connectivity index (χ2n) is 15.9. The Morgan fingerprint density at radius 3 is 2.21 bits per heavy atom. The molecule has 53 heavy (non-hydrogen) atoms. The monoisotopic (exact) mass is 732 g/mol. The van der Waals surface area contributed by atoms with Crippen LogP contribution < -0.4 is 21.3 Å². The van der Waals surface area contributed by atoms with Crippen LogP contribution in [-0.4, -0.2) is 95.5 Å². The quantitative estimate of drug-likeness (QED) is 0.121. The molecule has 0 aromatic heterocycles. The lowest BCUT2D eigenvalue weighted by atomic mass is 9.72. The maximum absolute atomic E-state index is 14.7. The van der Waals surface area contributed by atoms with E-state index in [0.717, 1.165) is 57.8 Å². The molecule has 4 aliphatic rings. The molecule has 6 atom stereocenters. The summed E-state index contributed by atoms with van der Waals surface area (Å²) in [5, 5.41) is 11.1. The van der Waals surface area contributed by atoms with Gasteiger partial charge < -0.3 is 26.2 Å². The molecule has 0 spiro atoms. The third-order valence-electron chi connectivity index (χ3n) is 12.5. The van der Waals surface area contributed by atoms with Gasteiger partial charge in [-0.1, -0.05) is 78.0 Å². The number of Topliss-reactive ketones (excluding diaryl/α,β-unsaturated/α-hetero) is 1. The molecule has 5 rings (SSSR count). The molecule has 2 aliphatic heterocycles. The van der Waals surface area contributed by atoms with E-state index in [0.29, 0.717) is 17.7 Å². The van der Waals surface area contributed by atoms with Gasteiger partial charge in [0.15, 0.2) is 0 Å². The first-order valence-corrected chi connectivity index (χ1v) is 19.3. The fourth-order valence-corrected chi connectivity index (χ4v) is 8.78. The van der Waals surface area contributed by atoms with E-state index in [1.807, 2.05) is 13.8 Å². The Labute approximate surface area is 312 Å². The van der Waals surface area contributed by atoms with E-state index in [4.69, 9.17) is 0 Å². The molecule has 1 saturated heterocycles. The molecule has 7 amide bonds. The Balaban J connectivity index is 1.36. The number of fused-ring (bicyclic) bond motifs is 2. The molecule has 1 aromatic carbocycles. The normalized spacial score (nSPS) is 23.1. The van der Waals surface area contributed by atoms with E-state index in [2.05, 4.69) is 41.7 Å². The van der Waals surface area contributed by atoms with E-state index in [-0.39, 0.29) is 42.7 Å². The summed E-state index contributed by atoms with van der Waals surface area (Å²) in [6.45, 7) is 11.6. The third kappa shape index (κ3) is 8.49. The zero-order chi connectivity index (χ0) is 38.4. The smallest absolute Gasteiger partial charge is 0.315 e. The summed E-state index contributed by atoms with van der Waals surface area (Å²) in [7, 11) is 0. The lowest BCUT2D eigenvalue weighted by molar-refractivity contribution is -0.143. The van der Waals surface area contributed by atoms with Crippen LogP contribution in [0.4, 0.5) is 4.79 Å². The van der Waals surface area contributed by atoms with Crippen molar-refractivity contribution in [2.24, 2.45) is 29.1 Å². The van der Waals surface area contributed by atoms with Crippen LogP contribution >= 0.6 is 0 Å². The Kier molecular flexibility index (Phi) is 12.8. The molecule has 13 nitrogen and oxygen atoms in total. The topological polar surface area (TPSA) is 174 Å². The Hall–Kier alpha value is -4.55. The fraction of sp³-hybridized carbons (Fsp3) is 0.625. The molecule has 288 valence electrons. The standard InChI is InChI=1S/C40H56N6O7/c1-6-20-41-34(48)30(47)21-42-35(49)33-27-19-13-16-26(27)22-45(33)38(52)32(25-14-9-8-10-15-25)44-39(53)43-31(40(4,5)24(3)7-2)23-46-36(50)28-17-11-12-18-29(28)37(46)51/h6,11-12,17-18,24-27,31-33H,1,7-10,13-16,19-23H2,2-5H3,(H,41,48)(H,42,49)(H2,43,44,53)/t24?,26-,27-,31+,32-,33-/m0/s1. The molecular formula is C40H56N6O7. The molecule has 2 aliphatic carbocycles. The number of likely N-dealkylation sites (tertiary alicyclic amines) is 1. The van der Waals surface area contributed by atoms with E-state index in [9.17, 15) is 33.6 Å². The molecule has 0 bridgehead atoms. The van der Waals surface area contributed by atoms with Crippen molar-refractivity contribution in [3.63, 3.8) is 0 Å².